The van der Waals surface area contributed by atoms with Crippen molar-refractivity contribution in [1.29, 1.82) is 5.26 Å². The first kappa shape index (κ1) is 14.3. The van der Waals surface area contributed by atoms with Gasteiger partial charge in [0.15, 0.2) is 0 Å². The summed E-state index contributed by atoms with van der Waals surface area (Å²) in [5.41, 5.74) is 0. The molecule has 106 valence electrons. The number of nitriles is 1. The second-order valence-electron chi connectivity index (χ2n) is 5.72. The van der Waals surface area contributed by atoms with Gasteiger partial charge in [-0.05, 0) is 25.7 Å². The molecule has 19 heavy (non-hydrogen) atoms. The molecular weight excluding hydrogens is 242 g/mol. The Morgan fingerprint density at radius 2 is 2.05 bits per heavy atom. The first-order valence-electron chi connectivity index (χ1n) is 7.16. The van der Waals surface area contributed by atoms with E-state index in [1.807, 2.05) is 0 Å². The molecule has 0 saturated carbocycles. The van der Waals surface area contributed by atoms with Crippen molar-refractivity contribution >= 4 is 5.91 Å². The van der Waals surface area contributed by atoms with Crippen LogP contribution in [0.1, 0.15) is 38.5 Å². The molecule has 1 N–H and O–H groups in total. The van der Waals surface area contributed by atoms with Crippen LogP contribution in [-0.2, 0) is 4.79 Å². The fraction of sp³-hybridized carbons (Fsp3) is 0.857. The molecule has 2 rings (SSSR count). The zero-order chi connectivity index (χ0) is 13.8. The summed E-state index contributed by atoms with van der Waals surface area (Å²) in [6, 6.07) is 2.98. The molecule has 5 heteroatoms. The topological polar surface area (TPSA) is 67.6 Å². The summed E-state index contributed by atoms with van der Waals surface area (Å²) in [7, 11) is 1.76. The molecule has 2 atom stereocenters. The van der Waals surface area contributed by atoms with E-state index in [0.29, 0.717) is 31.5 Å². The van der Waals surface area contributed by atoms with Gasteiger partial charge in [-0.1, -0.05) is 0 Å². The van der Waals surface area contributed by atoms with Crippen LogP contribution < -0.4 is 0 Å². The van der Waals surface area contributed by atoms with Crippen LogP contribution in [0.2, 0.25) is 0 Å². The molecule has 2 unspecified atom stereocenters. The minimum atomic E-state index is -0.150. The van der Waals surface area contributed by atoms with E-state index < -0.39 is 0 Å². The fourth-order valence-electron chi connectivity index (χ4n) is 3.37. The average molecular weight is 265 g/mol. The summed E-state index contributed by atoms with van der Waals surface area (Å²) < 4.78 is 0. The quantitative estimate of drug-likeness (QED) is 0.796. The van der Waals surface area contributed by atoms with Crippen molar-refractivity contribution < 1.29 is 9.90 Å². The van der Waals surface area contributed by atoms with Crippen LogP contribution >= 0.6 is 0 Å². The minimum Gasteiger partial charge on any atom is -0.393 e. The van der Waals surface area contributed by atoms with Gasteiger partial charge in [-0.2, -0.15) is 5.26 Å². The van der Waals surface area contributed by atoms with Crippen molar-refractivity contribution in [3.63, 3.8) is 0 Å². The van der Waals surface area contributed by atoms with Crippen LogP contribution in [0, 0.1) is 11.3 Å². The second-order valence-corrected chi connectivity index (χ2v) is 5.72. The summed E-state index contributed by atoms with van der Waals surface area (Å²) in [5.74, 6) is 0.112. The lowest BCUT2D eigenvalue weighted by Gasteiger charge is -2.37. The third kappa shape index (κ3) is 3.46. The predicted molar refractivity (Wildman–Crippen MR) is 71.2 cm³/mol. The number of carbonyl (C=O) groups excluding carboxylic acids is 1. The van der Waals surface area contributed by atoms with E-state index in [2.05, 4.69) is 11.0 Å². The van der Waals surface area contributed by atoms with E-state index in [9.17, 15) is 9.90 Å². The normalized spacial score (nSPS) is 30.1. The highest BCUT2D eigenvalue weighted by molar-refractivity contribution is 5.76. The Bertz CT molecular complexity index is 352. The van der Waals surface area contributed by atoms with Crippen molar-refractivity contribution in [2.24, 2.45) is 0 Å². The van der Waals surface area contributed by atoms with Crippen LogP contribution in [0.15, 0.2) is 0 Å². The molecule has 2 bridgehead atoms. The monoisotopic (exact) mass is 265 g/mol. The molecule has 0 aromatic carbocycles. The number of fused-ring (bicyclic) bond motifs is 2. The van der Waals surface area contributed by atoms with Crippen molar-refractivity contribution in [2.75, 3.05) is 20.1 Å². The van der Waals surface area contributed by atoms with Gasteiger partial charge in [0.05, 0.1) is 18.6 Å². The zero-order valence-corrected chi connectivity index (χ0v) is 11.6. The number of carbonyl (C=O) groups is 1. The SMILES string of the molecule is CN(CCC#N)C(=O)CCN1C2CCC1CC(O)C2. The highest BCUT2D eigenvalue weighted by Gasteiger charge is 2.39. The molecule has 0 aromatic rings. The third-order valence-corrected chi connectivity index (χ3v) is 4.43. The Morgan fingerprint density at radius 3 is 2.63 bits per heavy atom. The zero-order valence-electron chi connectivity index (χ0n) is 11.6. The van der Waals surface area contributed by atoms with Gasteiger partial charge < -0.3 is 10.0 Å². The Hall–Kier alpha value is -1.12. The number of hydrogen-bond acceptors (Lipinski definition) is 4. The molecule has 5 nitrogen and oxygen atoms in total. The predicted octanol–water partition coefficient (Wildman–Crippen LogP) is 0.736. The summed E-state index contributed by atoms with van der Waals surface area (Å²) in [4.78, 5) is 16.0. The van der Waals surface area contributed by atoms with Gasteiger partial charge >= 0.3 is 0 Å². The van der Waals surface area contributed by atoms with Gasteiger partial charge in [0, 0.05) is 38.6 Å². The average Bonchev–Trinajstić information content (AvgIpc) is 2.63. The molecule has 0 aliphatic carbocycles. The molecule has 0 spiro atoms. The molecular formula is C14H23N3O2. The van der Waals surface area contributed by atoms with Crippen molar-refractivity contribution in [3.8, 4) is 6.07 Å². The van der Waals surface area contributed by atoms with Gasteiger partial charge in [0.25, 0.3) is 0 Å². The smallest absolute Gasteiger partial charge is 0.223 e. The van der Waals surface area contributed by atoms with Crippen molar-refractivity contribution in [3.05, 3.63) is 0 Å². The Kier molecular flexibility index (Phi) is 4.78. The van der Waals surface area contributed by atoms with Gasteiger partial charge in [0.2, 0.25) is 5.91 Å². The second kappa shape index (κ2) is 6.36. The highest BCUT2D eigenvalue weighted by Crippen LogP contribution is 2.35. The highest BCUT2D eigenvalue weighted by atomic mass is 16.3. The number of hydrogen-bond donors (Lipinski definition) is 1. The van der Waals surface area contributed by atoms with Crippen molar-refractivity contribution in [2.45, 2.75) is 56.7 Å². The van der Waals surface area contributed by atoms with Gasteiger partial charge in [0.1, 0.15) is 0 Å². The Morgan fingerprint density at radius 1 is 1.42 bits per heavy atom. The summed E-state index contributed by atoms with van der Waals surface area (Å²) in [6.07, 6.45) is 4.78. The lowest BCUT2D eigenvalue weighted by molar-refractivity contribution is -0.130. The van der Waals surface area contributed by atoms with Crippen LogP contribution in [0.5, 0.6) is 0 Å². The summed E-state index contributed by atoms with van der Waals surface area (Å²) >= 11 is 0. The standard InChI is InChI=1S/C14H23N3O2/c1-16(7-2-6-15)14(19)5-8-17-11-3-4-12(17)10-13(18)9-11/h11-13,18H,2-5,7-10H2,1H3. The number of aliphatic hydroxyl groups is 1. The minimum absolute atomic E-state index is 0.112. The summed E-state index contributed by atoms with van der Waals surface area (Å²) in [5, 5.41) is 18.3. The van der Waals surface area contributed by atoms with Crippen LogP contribution in [0.25, 0.3) is 0 Å². The number of piperidine rings is 1. The summed E-state index contributed by atoms with van der Waals surface area (Å²) in [6.45, 7) is 1.30. The maximum absolute atomic E-state index is 11.9. The van der Waals surface area contributed by atoms with Crippen LogP contribution in [0.3, 0.4) is 0 Å². The van der Waals surface area contributed by atoms with E-state index in [1.54, 1.807) is 11.9 Å². The molecule has 2 heterocycles. The largest absolute Gasteiger partial charge is 0.393 e. The number of amides is 1. The van der Waals surface area contributed by atoms with E-state index in [1.165, 1.54) is 0 Å². The van der Waals surface area contributed by atoms with E-state index in [-0.39, 0.29) is 12.0 Å². The first-order chi connectivity index (χ1) is 9.11. The molecule has 0 radical (unpaired) electrons. The van der Waals surface area contributed by atoms with Crippen LogP contribution in [-0.4, -0.2) is 59.1 Å². The molecule has 0 aromatic heterocycles. The van der Waals surface area contributed by atoms with Gasteiger partial charge in [-0.15, -0.1) is 0 Å². The fourth-order valence-corrected chi connectivity index (χ4v) is 3.37. The van der Waals surface area contributed by atoms with E-state index in [0.717, 1.165) is 32.2 Å². The maximum Gasteiger partial charge on any atom is 0.223 e. The number of nitrogens with zero attached hydrogens (tertiary/aromatic N) is 3. The van der Waals surface area contributed by atoms with Gasteiger partial charge in [-0.3, -0.25) is 9.69 Å². The molecule has 2 fully saturated rings. The van der Waals surface area contributed by atoms with Crippen molar-refractivity contribution in [1.82, 2.24) is 9.80 Å². The van der Waals surface area contributed by atoms with E-state index in [4.69, 9.17) is 5.26 Å². The molecule has 1 amide bonds. The first-order valence-corrected chi connectivity index (χ1v) is 7.16. The Balaban J connectivity index is 1.77. The lowest BCUT2D eigenvalue weighted by atomic mass is 10.00. The van der Waals surface area contributed by atoms with E-state index >= 15 is 0 Å². The van der Waals surface area contributed by atoms with Gasteiger partial charge in [-0.25, -0.2) is 0 Å². The molecule has 2 saturated heterocycles. The number of aliphatic hydroxyl groups excluding tert-OH is 1. The number of rotatable bonds is 5. The van der Waals surface area contributed by atoms with Crippen LogP contribution in [0.4, 0.5) is 0 Å². The lowest BCUT2D eigenvalue weighted by Crippen LogP contribution is -2.46. The molecule has 2 aliphatic rings. The maximum atomic E-state index is 11.9. The Labute approximate surface area is 114 Å². The molecule has 2 aliphatic heterocycles. The third-order valence-electron chi connectivity index (χ3n) is 4.43.